The molecule has 0 radical (unpaired) electrons. The van der Waals surface area contributed by atoms with E-state index >= 15 is 0 Å². The molecule has 3 rings (SSSR count). The number of halogens is 1. The van der Waals surface area contributed by atoms with Gasteiger partial charge in [-0.05, 0) is 46.1 Å². The van der Waals surface area contributed by atoms with Crippen molar-refractivity contribution in [2.24, 2.45) is 0 Å². The molecule has 1 aliphatic rings. The lowest BCUT2D eigenvalue weighted by Gasteiger charge is -2.07. The van der Waals surface area contributed by atoms with Crippen molar-refractivity contribution in [2.75, 3.05) is 7.11 Å². The second-order valence-electron chi connectivity index (χ2n) is 5.21. The summed E-state index contributed by atoms with van der Waals surface area (Å²) in [5.74, 6) is -0.518. The van der Waals surface area contributed by atoms with Crippen LogP contribution >= 0.6 is 39.0 Å². The van der Waals surface area contributed by atoms with Gasteiger partial charge in [0.1, 0.15) is 15.9 Å². The minimum atomic E-state index is -0.670. The van der Waals surface area contributed by atoms with Crippen molar-refractivity contribution >= 4 is 55.9 Å². The minimum Gasteiger partial charge on any atom is -0.503 e. The third kappa shape index (κ3) is 3.49. The molecule has 6 nitrogen and oxygen atoms in total. The van der Waals surface area contributed by atoms with E-state index in [1.165, 1.54) is 18.4 Å². The van der Waals surface area contributed by atoms with Crippen LogP contribution in [0.5, 0.6) is 11.5 Å². The fraction of sp³-hybridized carbons (Fsp3) is 0.250. The summed E-state index contributed by atoms with van der Waals surface area (Å²) in [6, 6.07) is 3.33. The van der Waals surface area contributed by atoms with Crippen LogP contribution in [0.2, 0.25) is 0 Å². The molecule has 9 heteroatoms. The average Bonchev–Trinajstić information content (AvgIpc) is 3.15. The Hall–Kier alpha value is -1.71. The van der Waals surface area contributed by atoms with E-state index in [0.29, 0.717) is 25.7 Å². The van der Waals surface area contributed by atoms with Gasteiger partial charge in [-0.2, -0.15) is 0 Å². The largest absolute Gasteiger partial charge is 0.503 e. The minimum absolute atomic E-state index is 0.00151. The predicted octanol–water partition coefficient (Wildman–Crippen LogP) is 4.00. The summed E-state index contributed by atoms with van der Waals surface area (Å²) in [4.78, 5) is 13.2. The van der Waals surface area contributed by atoms with Gasteiger partial charge in [-0.25, -0.2) is 0 Å². The van der Waals surface area contributed by atoms with Crippen molar-refractivity contribution in [1.29, 1.82) is 5.41 Å². The monoisotopic (exact) mass is 439 g/mol. The lowest BCUT2D eigenvalue weighted by atomic mass is 10.1. The Morgan fingerprint density at radius 1 is 1.44 bits per heavy atom. The summed E-state index contributed by atoms with van der Waals surface area (Å²) in [6.45, 7) is 1.97. The van der Waals surface area contributed by atoms with Gasteiger partial charge in [0, 0.05) is 0 Å². The molecule has 25 heavy (non-hydrogen) atoms. The number of allylic oxidation sites excluding steroid dienone is 1. The number of hydrogen-bond donors (Lipinski definition) is 2. The first-order chi connectivity index (χ1) is 11.9. The third-order valence-corrected chi connectivity index (χ3v) is 6.32. The maximum Gasteiger partial charge on any atom is 0.186 e. The molecule has 0 spiro atoms. The molecule has 2 heterocycles. The van der Waals surface area contributed by atoms with E-state index in [1.807, 2.05) is 6.92 Å². The number of phenolic OH excluding ortho intramolecular Hbond substituents is 1. The van der Waals surface area contributed by atoms with Crippen LogP contribution in [0.15, 0.2) is 21.5 Å². The topological polar surface area (TPSA) is 96.2 Å². The smallest absolute Gasteiger partial charge is 0.186 e. The summed E-state index contributed by atoms with van der Waals surface area (Å²) >= 11 is 5.76. The molecule has 130 valence electrons. The number of carbonyl (C=O) groups excluding carboxylic acids is 1. The Labute approximate surface area is 161 Å². The molecule has 1 atom stereocenters. The van der Waals surface area contributed by atoms with Crippen LogP contribution in [0.3, 0.4) is 0 Å². The SMILES string of the molecule is CCc1nnc([C@@H]2C(=N)S/C(=C\c3cc(Br)c(O)c(OC)c3)C2=O)s1. The molecule has 2 aromatic rings. The van der Waals surface area contributed by atoms with E-state index in [0.717, 1.165) is 23.2 Å². The summed E-state index contributed by atoms with van der Waals surface area (Å²) in [5.41, 5.74) is 0.692. The Balaban J connectivity index is 1.94. The highest BCUT2D eigenvalue weighted by Crippen LogP contribution is 2.42. The van der Waals surface area contributed by atoms with E-state index in [9.17, 15) is 9.90 Å². The molecule has 2 N–H and O–H groups in total. The average molecular weight is 440 g/mol. The molecule has 1 aliphatic heterocycles. The fourth-order valence-electron chi connectivity index (χ4n) is 2.32. The first kappa shape index (κ1) is 18.1. The lowest BCUT2D eigenvalue weighted by molar-refractivity contribution is -0.114. The van der Waals surface area contributed by atoms with Crippen LogP contribution in [0.4, 0.5) is 0 Å². The summed E-state index contributed by atoms with van der Waals surface area (Å²) in [6.07, 6.45) is 2.44. The van der Waals surface area contributed by atoms with Gasteiger partial charge >= 0.3 is 0 Å². The number of nitrogens with zero attached hydrogens (tertiary/aromatic N) is 2. The highest BCUT2D eigenvalue weighted by atomic mass is 79.9. The number of phenols is 1. The van der Waals surface area contributed by atoms with Crippen molar-refractivity contribution in [3.63, 3.8) is 0 Å². The maximum atomic E-state index is 12.7. The van der Waals surface area contributed by atoms with E-state index in [2.05, 4.69) is 26.1 Å². The van der Waals surface area contributed by atoms with Crippen LogP contribution < -0.4 is 4.74 Å². The molecule has 0 unspecified atom stereocenters. The van der Waals surface area contributed by atoms with Gasteiger partial charge in [-0.3, -0.25) is 10.2 Å². The van der Waals surface area contributed by atoms with E-state index in [4.69, 9.17) is 10.1 Å². The molecule has 1 fully saturated rings. The number of aromatic hydroxyl groups is 1. The zero-order chi connectivity index (χ0) is 18.1. The molecule has 0 saturated carbocycles. The van der Waals surface area contributed by atoms with Gasteiger partial charge in [0.25, 0.3) is 0 Å². The number of ketones is 1. The zero-order valence-electron chi connectivity index (χ0n) is 13.4. The Morgan fingerprint density at radius 2 is 2.20 bits per heavy atom. The number of benzene rings is 1. The van der Waals surface area contributed by atoms with Crippen molar-refractivity contribution in [1.82, 2.24) is 10.2 Å². The number of Topliss-reactive ketones (excluding diaryl/α,β-unsaturated/α-hetero) is 1. The number of methoxy groups -OCH3 is 1. The number of aromatic nitrogens is 2. The van der Waals surface area contributed by atoms with Crippen LogP contribution in [-0.4, -0.2) is 33.2 Å². The quantitative estimate of drug-likeness (QED) is 0.698. The Bertz CT molecular complexity index is 895. The highest BCUT2D eigenvalue weighted by Gasteiger charge is 2.39. The zero-order valence-corrected chi connectivity index (χ0v) is 16.6. The van der Waals surface area contributed by atoms with Gasteiger partial charge in [-0.15, -0.1) is 21.5 Å². The van der Waals surface area contributed by atoms with Gasteiger partial charge in [0.05, 0.1) is 21.5 Å². The molecule has 0 amide bonds. The van der Waals surface area contributed by atoms with E-state index in [1.54, 1.807) is 18.2 Å². The summed E-state index contributed by atoms with van der Waals surface area (Å²) < 4.78 is 5.59. The molecule has 0 bridgehead atoms. The molecule has 0 aliphatic carbocycles. The van der Waals surface area contributed by atoms with E-state index < -0.39 is 5.92 Å². The van der Waals surface area contributed by atoms with Crippen molar-refractivity contribution < 1.29 is 14.6 Å². The standard InChI is InChI=1S/C16H14BrN3O3S2/c1-3-11-19-20-16(25-11)12-14(22)10(24-15(12)18)6-7-4-8(17)13(21)9(5-7)23-2/h4-6,12,18,21H,3H2,1-2H3/b10-6-,18-15?/t12-/m0/s1. The van der Waals surface area contributed by atoms with Crippen molar-refractivity contribution in [3.05, 3.63) is 37.1 Å². The van der Waals surface area contributed by atoms with Crippen molar-refractivity contribution in [2.45, 2.75) is 19.3 Å². The van der Waals surface area contributed by atoms with Crippen molar-refractivity contribution in [3.8, 4) is 11.5 Å². The first-order valence-corrected chi connectivity index (χ1v) is 9.78. The summed E-state index contributed by atoms with van der Waals surface area (Å²) in [7, 11) is 1.46. The molecule has 1 aromatic carbocycles. The van der Waals surface area contributed by atoms with Crippen LogP contribution in [0, 0.1) is 5.41 Å². The second kappa shape index (κ2) is 7.27. The molecule has 1 aromatic heterocycles. The van der Waals surface area contributed by atoms with Crippen LogP contribution in [-0.2, 0) is 11.2 Å². The van der Waals surface area contributed by atoms with Crippen LogP contribution in [0.25, 0.3) is 6.08 Å². The van der Waals surface area contributed by atoms with E-state index in [-0.39, 0.29) is 16.6 Å². The fourth-order valence-corrected chi connectivity index (χ4v) is 4.74. The number of thioether (sulfide) groups is 1. The molecular weight excluding hydrogens is 426 g/mol. The Morgan fingerprint density at radius 3 is 2.84 bits per heavy atom. The van der Waals surface area contributed by atoms with Crippen LogP contribution in [0.1, 0.15) is 28.4 Å². The normalized spacial score (nSPS) is 19.0. The number of hydrogen-bond acceptors (Lipinski definition) is 8. The molecular formula is C16H14BrN3O3S2. The predicted molar refractivity (Wildman–Crippen MR) is 103 cm³/mol. The molecule has 1 saturated heterocycles. The highest BCUT2D eigenvalue weighted by molar-refractivity contribution is 9.10. The van der Waals surface area contributed by atoms with Gasteiger partial charge in [-0.1, -0.05) is 18.7 Å². The number of nitrogens with one attached hydrogen (secondary N) is 1. The maximum absolute atomic E-state index is 12.7. The lowest BCUT2D eigenvalue weighted by Crippen LogP contribution is -2.11. The summed E-state index contributed by atoms with van der Waals surface area (Å²) in [5, 5.41) is 27.8. The number of carbonyl (C=O) groups is 1. The first-order valence-electron chi connectivity index (χ1n) is 7.35. The van der Waals surface area contributed by atoms with Gasteiger partial charge < -0.3 is 9.84 Å². The number of rotatable bonds is 4. The van der Waals surface area contributed by atoms with Gasteiger partial charge in [0.2, 0.25) is 0 Å². The Kier molecular flexibility index (Phi) is 5.26. The third-order valence-electron chi connectivity index (χ3n) is 3.59. The number of ether oxygens (including phenoxy) is 1. The number of aryl methyl sites for hydroxylation is 1. The van der Waals surface area contributed by atoms with Gasteiger partial charge in [0.15, 0.2) is 17.3 Å². The second-order valence-corrected chi connectivity index (χ2v) is 8.25.